The topological polar surface area (TPSA) is 57.2 Å². The van der Waals surface area contributed by atoms with Gasteiger partial charge in [-0.25, -0.2) is 0 Å². The van der Waals surface area contributed by atoms with Crippen molar-refractivity contribution in [3.8, 4) is 23.0 Å². The Hall–Kier alpha value is -3.15. The van der Waals surface area contributed by atoms with Crippen LogP contribution in [0.5, 0.6) is 23.0 Å². The van der Waals surface area contributed by atoms with Gasteiger partial charge in [0, 0.05) is 18.7 Å². The van der Waals surface area contributed by atoms with E-state index in [0.29, 0.717) is 50.0 Å². The van der Waals surface area contributed by atoms with E-state index in [9.17, 15) is 4.79 Å². The van der Waals surface area contributed by atoms with E-state index >= 15 is 0 Å². The summed E-state index contributed by atoms with van der Waals surface area (Å²) < 4.78 is 22.4. The second kappa shape index (κ2) is 10.1. The fraction of sp³-hybridized carbons (Fsp3) is 0.375. The minimum atomic E-state index is -0.0407. The summed E-state index contributed by atoms with van der Waals surface area (Å²) in [5.41, 5.74) is 2.84. The smallest absolute Gasteiger partial charge is 0.254 e. The van der Waals surface area contributed by atoms with Gasteiger partial charge < -0.3 is 23.8 Å². The standard InChI is InChI=1S/C24H29NO5/c1-5-12-30-20-9-8-18(14-21(20)27-4)24(26)25-11-10-17-13-22(28-6-2)23(29-7-3)15-19(17)16-25/h5,8-9,13-15H,1,6-7,10-12,16H2,2-4H3. The molecule has 6 nitrogen and oxygen atoms in total. The van der Waals surface area contributed by atoms with Crippen LogP contribution >= 0.6 is 0 Å². The molecule has 0 radical (unpaired) electrons. The van der Waals surface area contributed by atoms with Crippen LogP contribution in [0.15, 0.2) is 43.0 Å². The van der Waals surface area contributed by atoms with Crippen molar-refractivity contribution >= 4 is 5.91 Å². The largest absolute Gasteiger partial charge is 0.493 e. The number of methoxy groups -OCH3 is 1. The molecule has 0 spiro atoms. The molecule has 1 aliphatic rings. The number of hydrogen-bond donors (Lipinski definition) is 0. The highest BCUT2D eigenvalue weighted by Gasteiger charge is 2.24. The molecule has 0 unspecified atom stereocenters. The normalized spacial score (nSPS) is 12.7. The van der Waals surface area contributed by atoms with Crippen molar-refractivity contribution in [2.24, 2.45) is 0 Å². The summed E-state index contributed by atoms with van der Waals surface area (Å²) in [6, 6.07) is 9.29. The van der Waals surface area contributed by atoms with Crippen LogP contribution in [-0.2, 0) is 13.0 Å². The lowest BCUT2D eigenvalue weighted by Crippen LogP contribution is -2.36. The maximum absolute atomic E-state index is 13.1. The summed E-state index contributed by atoms with van der Waals surface area (Å²) in [7, 11) is 1.56. The molecule has 0 saturated carbocycles. The van der Waals surface area contributed by atoms with E-state index in [1.165, 1.54) is 5.56 Å². The molecule has 1 amide bonds. The molecular weight excluding hydrogens is 382 g/mol. The first-order valence-corrected chi connectivity index (χ1v) is 10.2. The highest BCUT2D eigenvalue weighted by Crippen LogP contribution is 2.35. The Morgan fingerprint density at radius 2 is 1.70 bits per heavy atom. The van der Waals surface area contributed by atoms with E-state index < -0.39 is 0 Å². The van der Waals surface area contributed by atoms with Gasteiger partial charge in [-0.15, -0.1) is 0 Å². The van der Waals surface area contributed by atoms with Gasteiger partial charge in [-0.3, -0.25) is 4.79 Å². The minimum Gasteiger partial charge on any atom is -0.493 e. The molecule has 0 saturated heterocycles. The minimum absolute atomic E-state index is 0.0407. The van der Waals surface area contributed by atoms with Gasteiger partial charge in [0.1, 0.15) is 6.61 Å². The number of rotatable bonds is 9. The number of amides is 1. The number of carbonyl (C=O) groups is 1. The lowest BCUT2D eigenvalue weighted by atomic mass is 9.98. The lowest BCUT2D eigenvalue weighted by Gasteiger charge is -2.30. The molecule has 0 fully saturated rings. The van der Waals surface area contributed by atoms with E-state index in [1.807, 2.05) is 30.9 Å². The molecular formula is C24H29NO5. The lowest BCUT2D eigenvalue weighted by molar-refractivity contribution is 0.0734. The third-order valence-electron chi connectivity index (χ3n) is 4.93. The first-order chi connectivity index (χ1) is 14.6. The van der Waals surface area contributed by atoms with Crippen molar-refractivity contribution in [1.29, 1.82) is 0 Å². The Bertz CT molecular complexity index is 909. The molecule has 2 aromatic carbocycles. The molecule has 3 rings (SSSR count). The molecule has 1 heterocycles. The predicted octanol–water partition coefficient (Wildman–Crippen LogP) is 4.26. The molecule has 1 aliphatic heterocycles. The zero-order valence-corrected chi connectivity index (χ0v) is 17.9. The second-order valence-electron chi connectivity index (χ2n) is 6.88. The fourth-order valence-electron chi connectivity index (χ4n) is 3.53. The average Bonchev–Trinajstić information content (AvgIpc) is 2.77. The van der Waals surface area contributed by atoms with Crippen molar-refractivity contribution in [2.75, 3.05) is 33.5 Å². The zero-order chi connectivity index (χ0) is 21.5. The van der Waals surface area contributed by atoms with Gasteiger partial charge in [0.2, 0.25) is 0 Å². The summed E-state index contributed by atoms with van der Waals surface area (Å²) in [6.07, 6.45) is 2.43. The molecule has 160 valence electrons. The molecule has 30 heavy (non-hydrogen) atoms. The number of nitrogens with zero attached hydrogens (tertiary/aromatic N) is 1. The summed E-state index contributed by atoms with van der Waals surface area (Å²) in [5, 5.41) is 0. The van der Waals surface area contributed by atoms with Crippen LogP contribution in [0.4, 0.5) is 0 Å². The molecule has 0 aliphatic carbocycles. The third kappa shape index (κ3) is 4.70. The number of carbonyl (C=O) groups excluding carboxylic acids is 1. The van der Waals surface area contributed by atoms with Crippen LogP contribution in [-0.4, -0.2) is 44.3 Å². The van der Waals surface area contributed by atoms with Crippen LogP contribution in [0, 0.1) is 0 Å². The summed E-state index contributed by atoms with van der Waals surface area (Å²) in [4.78, 5) is 15.0. The van der Waals surface area contributed by atoms with E-state index in [0.717, 1.165) is 23.5 Å². The van der Waals surface area contributed by atoms with Gasteiger partial charge in [0.25, 0.3) is 5.91 Å². The Balaban J connectivity index is 1.81. The van der Waals surface area contributed by atoms with Crippen LogP contribution in [0.2, 0.25) is 0 Å². The molecule has 2 aromatic rings. The number of benzene rings is 2. The van der Waals surface area contributed by atoms with Crippen molar-refractivity contribution in [3.05, 3.63) is 59.7 Å². The molecule has 0 aromatic heterocycles. The monoisotopic (exact) mass is 411 g/mol. The molecule has 0 bridgehead atoms. The number of hydrogen-bond acceptors (Lipinski definition) is 5. The molecule has 0 atom stereocenters. The highest BCUT2D eigenvalue weighted by atomic mass is 16.5. The van der Waals surface area contributed by atoms with E-state index in [2.05, 4.69) is 6.58 Å². The Kier molecular flexibility index (Phi) is 7.22. The second-order valence-corrected chi connectivity index (χ2v) is 6.88. The van der Waals surface area contributed by atoms with Gasteiger partial charge in [0.05, 0.1) is 20.3 Å². The SMILES string of the molecule is C=CCOc1ccc(C(=O)N2CCc3cc(OCC)c(OCC)cc3C2)cc1OC. The number of ether oxygens (including phenoxy) is 4. The summed E-state index contributed by atoms with van der Waals surface area (Å²) in [5.74, 6) is 2.56. The van der Waals surface area contributed by atoms with E-state index in [-0.39, 0.29) is 5.91 Å². The van der Waals surface area contributed by atoms with Crippen molar-refractivity contribution in [1.82, 2.24) is 4.90 Å². The Morgan fingerprint density at radius 1 is 1.00 bits per heavy atom. The van der Waals surface area contributed by atoms with Gasteiger partial charge >= 0.3 is 0 Å². The van der Waals surface area contributed by atoms with E-state index in [4.69, 9.17) is 18.9 Å². The highest BCUT2D eigenvalue weighted by molar-refractivity contribution is 5.95. The Labute approximate surface area is 178 Å². The quantitative estimate of drug-likeness (QED) is 0.577. The van der Waals surface area contributed by atoms with Crippen LogP contribution in [0.1, 0.15) is 35.3 Å². The first-order valence-electron chi connectivity index (χ1n) is 10.2. The van der Waals surface area contributed by atoms with Crippen LogP contribution < -0.4 is 18.9 Å². The predicted molar refractivity (Wildman–Crippen MR) is 116 cm³/mol. The summed E-state index contributed by atoms with van der Waals surface area (Å²) in [6.45, 7) is 10.2. The van der Waals surface area contributed by atoms with Crippen molar-refractivity contribution < 1.29 is 23.7 Å². The maximum atomic E-state index is 13.1. The number of fused-ring (bicyclic) bond motifs is 1. The third-order valence-corrected chi connectivity index (χ3v) is 4.93. The van der Waals surface area contributed by atoms with Gasteiger partial charge in [0.15, 0.2) is 23.0 Å². The van der Waals surface area contributed by atoms with Crippen LogP contribution in [0.3, 0.4) is 0 Å². The average molecular weight is 411 g/mol. The molecule has 0 N–H and O–H groups in total. The first kappa shape index (κ1) is 21.6. The van der Waals surface area contributed by atoms with Gasteiger partial charge in [-0.05, 0) is 61.7 Å². The van der Waals surface area contributed by atoms with Gasteiger partial charge in [-0.2, -0.15) is 0 Å². The van der Waals surface area contributed by atoms with Crippen LogP contribution in [0.25, 0.3) is 0 Å². The zero-order valence-electron chi connectivity index (χ0n) is 17.9. The Morgan fingerprint density at radius 3 is 2.33 bits per heavy atom. The van der Waals surface area contributed by atoms with Crippen molar-refractivity contribution in [3.63, 3.8) is 0 Å². The van der Waals surface area contributed by atoms with E-state index in [1.54, 1.807) is 31.4 Å². The molecule has 6 heteroatoms. The van der Waals surface area contributed by atoms with Gasteiger partial charge in [-0.1, -0.05) is 12.7 Å². The summed E-state index contributed by atoms with van der Waals surface area (Å²) >= 11 is 0. The maximum Gasteiger partial charge on any atom is 0.254 e. The van der Waals surface area contributed by atoms with Crippen molar-refractivity contribution in [2.45, 2.75) is 26.8 Å². The fourth-order valence-corrected chi connectivity index (χ4v) is 3.53.